The van der Waals surface area contributed by atoms with Crippen molar-refractivity contribution in [2.75, 3.05) is 6.61 Å². The summed E-state index contributed by atoms with van der Waals surface area (Å²) in [4.78, 5) is 4.43. The van der Waals surface area contributed by atoms with E-state index in [-0.39, 0.29) is 20.7 Å². The Morgan fingerprint density at radius 3 is 3.00 bits per heavy atom. The Labute approximate surface area is 83.5 Å². The van der Waals surface area contributed by atoms with Gasteiger partial charge in [-0.05, 0) is 41.5 Å². The number of hydrogen-bond donors (Lipinski definition) is 0. The molecule has 12 heavy (non-hydrogen) atoms. The third kappa shape index (κ3) is 3.15. The van der Waals surface area contributed by atoms with Gasteiger partial charge in [-0.15, -0.1) is 0 Å². The lowest BCUT2D eigenvalue weighted by Gasteiger charge is -2.00. The fourth-order valence-corrected chi connectivity index (χ4v) is 3.25. The molecule has 0 N–H and O–H groups in total. The number of allylic oxidation sites excluding steroid dienone is 1. The van der Waals surface area contributed by atoms with Gasteiger partial charge in [0.1, 0.15) is 0 Å². The van der Waals surface area contributed by atoms with E-state index in [0.717, 1.165) is 18.7 Å². The molecule has 0 aromatic carbocycles. The van der Waals surface area contributed by atoms with Crippen molar-refractivity contribution >= 4 is 28.1 Å². The summed E-state index contributed by atoms with van der Waals surface area (Å²) in [5, 5.41) is 0. The minimum Gasteiger partial charge on any atom is -0.344 e. The second-order valence-electron chi connectivity index (χ2n) is 2.54. The average Bonchev–Trinajstić information content (AvgIpc) is 2.13. The molecule has 0 saturated carbocycles. The Kier molecular flexibility index (Phi) is 4.08. The van der Waals surface area contributed by atoms with Gasteiger partial charge in [0.25, 0.3) is 0 Å². The number of hydrogen-bond acceptors (Lipinski definition) is 2. The second-order valence-corrected chi connectivity index (χ2v) is 5.84. The number of rotatable bonds is 2. The molecule has 0 aliphatic carbocycles. The third-order valence-electron chi connectivity index (χ3n) is 1.43. The number of ether oxygens (including phenoxy) is 1. The zero-order valence-corrected chi connectivity index (χ0v) is 9.88. The topological polar surface area (TPSA) is 21.6 Å². The fraction of sp³-hybridized carbons (Fsp3) is 0.556. The minimum absolute atomic E-state index is 0.0827. The van der Waals surface area contributed by atoms with E-state index in [1.807, 2.05) is 13.8 Å². The maximum Gasteiger partial charge on any atom is 0.0900 e. The predicted octanol–water partition coefficient (Wildman–Crippen LogP) is 2.85. The number of nitrogens with zero attached hydrogens (tertiary/aromatic N) is 1. The van der Waals surface area contributed by atoms with Crippen LogP contribution >= 0.6 is 20.7 Å². The van der Waals surface area contributed by atoms with E-state index in [9.17, 15) is 0 Å². The standard InChI is InChI=1S/C9H14INO/c1-4-12-9-6-5-7(2)11-8(3)10-9/h5H,4,6H2,1-3H3. The molecule has 3 heteroatoms. The highest BCUT2D eigenvalue weighted by atomic mass is 127. The van der Waals surface area contributed by atoms with Crippen molar-refractivity contribution < 1.29 is 4.74 Å². The largest absolute Gasteiger partial charge is 0.344 e. The van der Waals surface area contributed by atoms with E-state index in [1.54, 1.807) is 0 Å². The maximum atomic E-state index is 5.52. The van der Waals surface area contributed by atoms with Crippen LogP contribution in [0.4, 0.5) is 0 Å². The smallest absolute Gasteiger partial charge is 0.0900 e. The van der Waals surface area contributed by atoms with Crippen LogP contribution in [0.3, 0.4) is 0 Å². The van der Waals surface area contributed by atoms with Gasteiger partial charge in [-0.3, -0.25) is 4.99 Å². The summed E-state index contributed by atoms with van der Waals surface area (Å²) in [7, 11) is 0. The minimum atomic E-state index is -0.0827. The lowest BCUT2D eigenvalue weighted by molar-refractivity contribution is 0.332. The van der Waals surface area contributed by atoms with E-state index in [0.29, 0.717) is 0 Å². The highest BCUT2D eigenvalue weighted by Crippen LogP contribution is 2.16. The molecule has 0 unspecified atom stereocenters. The third-order valence-corrected chi connectivity index (χ3v) is 3.81. The zero-order valence-electron chi connectivity index (χ0n) is 7.72. The first-order valence-electron chi connectivity index (χ1n) is 4.08. The normalized spacial score (nSPS) is 18.4. The lowest BCUT2D eigenvalue weighted by Crippen LogP contribution is -2.00. The number of halogens is 1. The van der Waals surface area contributed by atoms with Gasteiger partial charge in [-0.2, -0.15) is 0 Å². The van der Waals surface area contributed by atoms with Gasteiger partial charge in [-0.25, -0.2) is 0 Å². The van der Waals surface area contributed by atoms with Crippen LogP contribution in [0.2, 0.25) is 0 Å². The molecule has 1 aliphatic rings. The molecular formula is C9H14INO. The van der Waals surface area contributed by atoms with Crippen LogP contribution in [-0.4, -0.2) is 14.0 Å². The summed E-state index contributed by atoms with van der Waals surface area (Å²) in [6, 6.07) is 0. The van der Waals surface area contributed by atoms with E-state index in [4.69, 9.17) is 4.74 Å². The molecule has 1 heterocycles. The van der Waals surface area contributed by atoms with Crippen molar-refractivity contribution in [3.63, 3.8) is 0 Å². The highest BCUT2D eigenvalue weighted by Gasteiger charge is 2.01. The molecule has 0 atom stereocenters. The molecule has 0 radical (unpaired) electrons. The molecule has 0 spiro atoms. The predicted molar refractivity (Wildman–Crippen MR) is 62.1 cm³/mol. The first kappa shape index (κ1) is 10.1. The highest BCUT2D eigenvalue weighted by molar-refractivity contribution is 14.2. The molecule has 0 aromatic heterocycles. The first-order valence-corrected chi connectivity index (χ1v) is 6.23. The molecule has 0 amide bonds. The SMILES string of the molecule is CCOC1=IC(C)=NC(C)=CC1. The quantitative estimate of drug-likeness (QED) is 0.712. The average molecular weight is 279 g/mol. The van der Waals surface area contributed by atoms with Crippen LogP contribution in [0.1, 0.15) is 27.2 Å². The van der Waals surface area contributed by atoms with Crippen molar-refractivity contribution in [1.82, 2.24) is 0 Å². The Morgan fingerprint density at radius 2 is 2.33 bits per heavy atom. The van der Waals surface area contributed by atoms with Crippen molar-refractivity contribution in [3.8, 4) is 0 Å². The van der Waals surface area contributed by atoms with Crippen LogP contribution < -0.4 is 0 Å². The zero-order chi connectivity index (χ0) is 8.97. The summed E-state index contributed by atoms with van der Waals surface area (Å²) in [6.45, 7) is 6.96. The van der Waals surface area contributed by atoms with E-state index in [2.05, 4.69) is 18.0 Å². The molecule has 2 nitrogen and oxygen atoms in total. The Balaban J connectivity index is 2.75. The van der Waals surface area contributed by atoms with Crippen molar-refractivity contribution in [1.29, 1.82) is 0 Å². The Morgan fingerprint density at radius 1 is 1.58 bits per heavy atom. The second kappa shape index (κ2) is 4.87. The van der Waals surface area contributed by atoms with Crippen molar-refractivity contribution in [2.24, 2.45) is 4.99 Å². The van der Waals surface area contributed by atoms with Crippen LogP contribution in [0.25, 0.3) is 0 Å². The maximum absolute atomic E-state index is 5.52. The molecular weight excluding hydrogens is 265 g/mol. The lowest BCUT2D eigenvalue weighted by atomic mass is 10.3. The Bertz CT molecular complexity index is 253. The van der Waals surface area contributed by atoms with E-state index in [1.165, 1.54) is 7.41 Å². The molecule has 0 aromatic rings. The van der Waals surface area contributed by atoms with Gasteiger partial charge >= 0.3 is 0 Å². The Hall–Kier alpha value is -0.0300. The molecule has 68 valence electrons. The summed E-state index contributed by atoms with van der Waals surface area (Å²) in [5.74, 6) is 0. The van der Waals surface area contributed by atoms with Crippen LogP contribution in [0, 0.1) is 0 Å². The molecule has 1 rings (SSSR count). The summed E-state index contributed by atoms with van der Waals surface area (Å²) >= 11 is -0.0827. The van der Waals surface area contributed by atoms with Crippen molar-refractivity contribution in [2.45, 2.75) is 27.2 Å². The van der Waals surface area contributed by atoms with Gasteiger partial charge in [0.2, 0.25) is 0 Å². The number of aliphatic imine (C=N–C) groups is 1. The summed E-state index contributed by atoms with van der Waals surface area (Å²) in [5.41, 5.74) is 1.13. The summed E-state index contributed by atoms with van der Waals surface area (Å²) in [6.07, 6.45) is 3.11. The fourth-order valence-electron chi connectivity index (χ4n) is 0.972. The van der Waals surface area contributed by atoms with Gasteiger partial charge in [0.15, 0.2) is 0 Å². The van der Waals surface area contributed by atoms with Crippen molar-refractivity contribution in [3.05, 3.63) is 11.8 Å². The van der Waals surface area contributed by atoms with E-state index < -0.39 is 0 Å². The summed E-state index contributed by atoms with van der Waals surface area (Å²) < 4.78 is 8.02. The van der Waals surface area contributed by atoms with Crippen LogP contribution in [0.15, 0.2) is 16.8 Å². The van der Waals surface area contributed by atoms with Gasteiger partial charge < -0.3 is 4.74 Å². The van der Waals surface area contributed by atoms with Gasteiger partial charge in [0, 0.05) is 12.1 Å². The van der Waals surface area contributed by atoms with Gasteiger partial charge in [-0.1, -0.05) is 6.08 Å². The molecule has 0 fully saturated rings. The molecule has 0 saturated heterocycles. The first-order chi connectivity index (χ1) is 5.72. The molecule has 0 bridgehead atoms. The molecule has 1 aliphatic heterocycles. The van der Waals surface area contributed by atoms with Gasteiger partial charge in [0.05, 0.1) is 14.0 Å². The van der Waals surface area contributed by atoms with E-state index >= 15 is 0 Å². The van der Waals surface area contributed by atoms with Crippen LogP contribution in [0.5, 0.6) is 0 Å². The monoisotopic (exact) mass is 279 g/mol. The van der Waals surface area contributed by atoms with Crippen LogP contribution in [-0.2, 0) is 4.74 Å².